The lowest BCUT2D eigenvalue weighted by Crippen LogP contribution is -2.02. The zero-order chi connectivity index (χ0) is 11.4. The van der Waals surface area contributed by atoms with Gasteiger partial charge in [0.25, 0.3) is 0 Å². The van der Waals surface area contributed by atoms with Crippen LogP contribution in [-0.4, -0.2) is 9.55 Å². The molecule has 0 saturated heterocycles. The summed E-state index contributed by atoms with van der Waals surface area (Å²) in [7, 11) is 0. The molecule has 16 heavy (non-hydrogen) atoms. The van der Waals surface area contributed by atoms with Crippen LogP contribution in [0.2, 0.25) is 0 Å². The number of hydrogen-bond acceptors (Lipinski definition) is 3. The van der Waals surface area contributed by atoms with E-state index in [1.807, 2.05) is 28.8 Å². The third-order valence-corrected chi connectivity index (χ3v) is 2.42. The molecule has 0 fully saturated rings. The Hall–Kier alpha value is -2.33. The van der Waals surface area contributed by atoms with Crippen molar-refractivity contribution in [1.29, 1.82) is 10.5 Å². The normalized spacial score (nSPS) is 9.88. The van der Waals surface area contributed by atoms with Crippen molar-refractivity contribution in [3.05, 3.63) is 30.1 Å². The van der Waals surface area contributed by atoms with E-state index in [0.717, 1.165) is 16.9 Å². The second-order valence-electron chi connectivity index (χ2n) is 3.41. The van der Waals surface area contributed by atoms with Crippen molar-refractivity contribution < 1.29 is 0 Å². The first-order chi connectivity index (χ1) is 7.86. The summed E-state index contributed by atoms with van der Waals surface area (Å²) in [6.07, 6.45) is 0.707. The number of nitriles is 2. The largest absolute Gasteiger partial charge is 0.326 e. The summed E-state index contributed by atoms with van der Waals surface area (Å²) in [5.74, 6) is 0.735. The summed E-state index contributed by atoms with van der Waals surface area (Å²) in [4.78, 5) is 4.39. The maximum absolute atomic E-state index is 8.73. The van der Waals surface area contributed by atoms with Crippen LogP contribution in [0.3, 0.4) is 0 Å². The predicted molar refractivity (Wildman–Crippen MR) is 59.3 cm³/mol. The molecule has 0 atom stereocenters. The first-order valence-corrected chi connectivity index (χ1v) is 5.05. The van der Waals surface area contributed by atoms with Crippen LogP contribution < -0.4 is 0 Å². The minimum Gasteiger partial charge on any atom is -0.326 e. The van der Waals surface area contributed by atoms with Crippen LogP contribution in [0.4, 0.5) is 0 Å². The molecule has 1 heterocycles. The number of para-hydroxylation sites is 2. The Morgan fingerprint density at radius 2 is 2.00 bits per heavy atom. The fourth-order valence-corrected chi connectivity index (χ4v) is 1.74. The summed E-state index contributed by atoms with van der Waals surface area (Å²) < 4.78 is 1.95. The summed E-state index contributed by atoms with van der Waals surface area (Å²) >= 11 is 0. The van der Waals surface area contributed by atoms with E-state index in [-0.39, 0.29) is 6.42 Å². The van der Waals surface area contributed by atoms with Crippen molar-refractivity contribution in [1.82, 2.24) is 9.55 Å². The van der Waals surface area contributed by atoms with Gasteiger partial charge in [-0.25, -0.2) is 4.98 Å². The lowest BCUT2D eigenvalue weighted by Gasteiger charge is -2.03. The minimum absolute atomic E-state index is 0.278. The number of rotatable bonds is 3. The number of fused-ring (bicyclic) bond motifs is 1. The summed E-state index contributed by atoms with van der Waals surface area (Å²) in [5.41, 5.74) is 1.87. The highest BCUT2D eigenvalue weighted by Crippen LogP contribution is 2.16. The van der Waals surface area contributed by atoms with Crippen molar-refractivity contribution in [3.63, 3.8) is 0 Å². The second-order valence-corrected chi connectivity index (χ2v) is 3.41. The highest BCUT2D eigenvalue weighted by Gasteiger charge is 2.08. The zero-order valence-electron chi connectivity index (χ0n) is 8.72. The van der Waals surface area contributed by atoms with Gasteiger partial charge in [0.2, 0.25) is 0 Å². The van der Waals surface area contributed by atoms with Crippen LogP contribution in [0.15, 0.2) is 24.3 Å². The van der Waals surface area contributed by atoms with Gasteiger partial charge in [0.1, 0.15) is 5.82 Å². The molecule has 4 heteroatoms. The third-order valence-electron chi connectivity index (χ3n) is 2.42. The molecule has 0 amide bonds. The van der Waals surface area contributed by atoms with Crippen molar-refractivity contribution >= 4 is 11.0 Å². The van der Waals surface area contributed by atoms with E-state index in [4.69, 9.17) is 10.5 Å². The van der Waals surface area contributed by atoms with Crippen LogP contribution in [0, 0.1) is 22.7 Å². The van der Waals surface area contributed by atoms with Gasteiger partial charge in [-0.15, -0.1) is 0 Å². The van der Waals surface area contributed by atoms with Crippen LogP contribution in [0.1, 0.15) is 12.2 Å². The number of benzene rings is 1. The summed E-state index contributed by atoms with van der Waals surface area (Å²) in [6, 6.07) is 11.9. The van der Waals surface area contributed by atoms with Crippen molar-refractivity contribution in [2.45, 2.75) is 19.4 Å². The zero-order valence-corrected chi connectivity index (χ0v) is 8.72. The van der Waals surface area contributed by atoms with Gasteiger partial charge in [0.15, 0.2) is 0 Å². The second kappa shape index (κ2) is 4.46. The summed E-state index contributed by atoms with van der Waals surface area (Å²) in [5, 5.41) is 17.3. The van der Waals surface area contributed by atoms with E-state index < -0.39 is 0 Å². The molecule has 2 rings (SSSR count). The third kappa shape index (κ3) is 1.74. The number of aryl methyl sites for hydroxylation is 1. The van der Waals surface area contributed by atoms with E-state index in [1.165, 1.54) is 0 Å². The van der Waals surface area contributed by atoms with E-state index in [2.05, 4.69) is 17.1 Å². The van der Waals surface area contributed by atoms with Gasteiger partial charge >= 0.3 is 0 Å². The highest BCUT2D eigenvalue weighted by molar-refractivity contribution is 5.75. The fraction of sp³-hybridized carbons (Fsp3) is 0.250. The molecule has 4 nitrogen and oxygen atoms in total. The monoisotopic (exact) mass is 210 g/mol. The Kier molecular flexibility index (Phi) is 2.84. The molecule has 0 saturated carbocycles. The predicted octanol–water partition coefficient (Wildman–Crippen LogP) is 2.02. The van der Waals surface area contributed by atoms with Crippen LogP contribution in [0.5, 0.6) is 0 Å². The molecular formula is C12H10N4. The quantitative estimate of drug-likeness (QED) is 0.778. The molecule has 0 aliphatic rings. The van der Waals surface area contributed by atoms with Gasteiger partial charge < -0.3 is 4.57 Å². The molecule has 0 N–H and O–H groups in total. The molecular weight excluding hydrogens is 200 g/mol. The van der Waals surface area contributed by atoms with Gasteiger partial charge in [-0.2, -0.15) is 10.5 Å². The maximum Gasteiger partial charge on any atom is 0.124 e. The molecule has 0 spiro atoms. The Bertz CT molecular complexity index is 583. The van der Waals surface area contributed by atoms with E-state index in [0.29, 0.717) is 13.0 Å². The van der Waals surface area contributed by atoms with Gasteiger partial charge in [-0.3, -0.25) is 0 Å². The molecule has 78 valence electrons. The minimum atomic E-state index is 0.278. The van der Waals surface area contributed by atoms with Crippen LogP contribution in [0.25, 0.3) is 11.0 Å². The molecule has 0 aliphatic heterocycles. The van der Waals surface area contributed by atoms with Gasteiger partial charge in [-0.05, 0) is 12.1 Å². The first-order valence-electron chi connectivity index (χ1n) is 5.05. The number of imidazole rings is 1. The molecule has 0 radical (unpaired) electrons. The number of aromatic nitrogens is 2. The lowest BCUT2D eigenvalue weighted by molar-refractivity contribution is 0.699. The molecule has 0 aliphatic carbocycles. The number of hydrogen-bond donors (Lipinski definition) is 0. The maximum atomic E-state index is 8.73. The van der Waals surface area contributed by atoms with Gasteiger partial charge in [0, 0.05) is 6.54 Å². The molecule has 0 bridgehead atoms. The Morgan fingerprint density at radius 3 is 2.75 bits per heavy atom. The lowest BCUT2D eigenvalue weighted by atomic mass is 10.3. The van der Waals surface area contributed by atoms with E-state index >= 15 is 0 Å². The fourth-order valence-electron chi connectivity index (χ4n) is 1.74. The van der Waals surface area contributed by atoms with Crippen LogP contribution in [-0.2, 0) is 13.0 Å². The first kappa shape index (κ1) is 10.2. The Balaban J connectivity index is 2.52. The van der Waals surface area contributed by atoms with Crippen LogP contribution >= 0.6 is 0 Å². The Morgan fingerprint density at radius 1 is 1.19 bits per heavy atom. The Labute approximate surface area is 93.4 Å². The molecule has 1 aromatic heterocycles. The van der Waals surface area contributed by atoms with Crippen molar-refractivity contribution in [2.75, 3.05) is 0 Å². The van der Waals surface area contributed by atoms with Crippen molar-refractivity contribution in [2.24, 2.45) is 0 Å². The smallest absolute Gasteiger partial charge is 0.124 e. The molecule has 0 unspecified atom stereocenters. The standard InChI is InChI=1S/C12H10N4/c13-7-3-9-16-11-5-2-1-4-10(11)15-12(16)6-8-14/h1-2,4-5H,3,6,9H2. The van der Waals surface area contributed by atoms with Gasteiger partial charge in [-0.1, -0.05) is 12.1 Å². The molecule has 2 aromatic rings. The van der Waals surface area contributed by atoms with Crippen molar-refractivity contribution in [3.8, 4) is 12.1 Å². The average Bonchev–Trinajstić information content (AvgIpc) is 2.65. The summed E-state index contributed by atoms with van der Waals surface area (Å²) in [6.45, 7) is 0.591. The SMILES string of the molecule is N#CCCn1c(CC#N)nc2ccccc21. The highest BCUT2D eigenvalue weighted by atomic mass is 15.1. The number of nitrogens with zero attached hydrogens (tertiary/aromatic N) is 4. The van der Waals surface area contributed by atoms with E-state index in [9.17, 15) is 0 Å². The molecule has 1 aromatic carbocycles. The van der Waals surface area contributed by atoms with E-state index in [1.54, 1.807) is 0 Å². The average molecular weight is 210 g/mol. The van der Waals surface area contributed by atoms with Gasteiger partial charge in [0.05, 0.1) is 36.0 Å². The topological polar surface area (TPSA) is 65.4 Å².